The molecule has 3 amide bonds. The topological polar surface area (TPSA) is 178 Å². The Balaban J connectivity index is 1.74. The van der Waals surface area contributed by atoms with Crippen LogP contribution in [-0.4, -0.2) is 44.2 Å². The Morgan fingerprint density at radius 2 is 1.92 bits per heavy atom. The van der Waals surface area contributed by atoms with E-state index in [1.807, 2.05) is 5.32 Å². The van der Waals surface area contributed by atoms with Crippen molar-refractivity contribution in [2.45, 2.75) is 64.6 Å². The van der Waals surface area contributed by atoms with Gasteiger partial charge < -0.3 is 20.9 Å². The van der Waals surface area contributed by atoms with Gasteiger partial charge in [-0.3, -0.25) is 19.5 Å². The number of amidine groups is 1. The van der Waals surface area contributed by atoms with Crippen molar-refractivity contribution in [1.29, 1.82) is 0 Å². The molecule has 0 spiro atoms. The minimum Gasteiger partial charge on any atom is -0.465 e. The molecule has 2 aromatic rings. The van der Waals surface area contributed by atoms with Crippen molar-refractivity contribution < 1.29 is 24.2 Å². The summed E-state index contributed by atoms with van der Waals surface area (Å²) in [6.07, 6.45) is 0.0921. The van der Waals surface area contributed by atoms with Gasteiger partial charge in [-0.15, -0.1) is 0 Å². The van der Waals surface area contributed by atoms with E-state index in [4.69, 9.17) is 15.6 Å². The zero-order chi connectivity index (χ0) is 26.7. The van der Waals surface area contributed by atoms with Gasteiger partial charge in [-0.05, 0) is 39.2 Å². The fraction of sp³-hybridized carbons (Fsp3) is 0.417. The van der Waals surface area contributed by atoms with Gasteiger partial charge in [-0.25, -0.2) is 14.6 Å². The highest BCUT2D eigenvalue weighted by atomic mass is 16.6. The fourth-order valence-electron chi connectivity index (χ4n) is 4.04. The van der Waals surface area contributed by atoms with Crippen LogP contribution >= 0.6 is 0 Å². The van der Waals surface area contributed by atoms with Crippen molar-refractivity contribution in [3.63, 3.8) is 0 Å². The van der Waals surface area contributed by atoms with E-state index in [-0.39, 0.29) is 24.0 Å². The average Bonchev–Trinajstić information content (AvgIpc) is 3.18. The molecule has 12 heteroatoms. The van der Waals surface area contributed by atoms with E-state index in [0.29, 0.717) is 30.7 Å². The third-order valence-corrected chi connectivity index (χ3v) is 5.78. The molecule has 0 radical (unpaired) electrons. The van der Waals surface area contributed by atoms with E-state index in [1.54, 1.807) is 52.0 Å². The summed E-state index contributed by atoms with van der Waals surface area (Å²) in [6, 6.07) is 6.81. The number of nitrogens with zero attached hydrogens (tertiary/aromatic N) is 3. The van der Waals surface area contributed by atoms with Crippen LogP contribution in [0, 0.1) is 0 Å². The standard InChI is InChI=1S/C24H30N6O6/c1-5-24(11-10-17-26-13-16(28-21(33)34)19(31)30(17)24)20(32)27-12-14-6-8-15(9-7-14)18(25)29-22(35)36-23(2,3)4/h6-9,13,28H,5,10-12H2,1-4H3,(H,27,32)(H,33,34)(H2,25,29,35). The molecule has 5 N–H and O–H groups in total. The van der Waals surface area contributed by atoms with Gasteiger partial charge in [0.1, 0.15) is 28.5 Å². The maximum absolute atomic E-state index is 13.3. The number of carbonyl (C=O) groups excluding carboxylic acids is 2. The first-order chi connectivity index (χ1) is 16.9. The zero-order valence-electron chi connectivity index (χ0n) is 20.6. The van der Waals surface area contributed by atoms with Crippen molar-refractivity contribution in [3.8, 4) is 0 Å². The van der Waals surface area contributed by atoms with Crippen molar-refractivity contribution >= 4 is 29.6 Å². The van der Waals surface area contributed by atoms with Gasteiger partial charge in [0.2, 0.25) is 5.91 Å². The molecule has 1 aromatic heterocycles. The zero-order valence-corrected chi connectivity index (χ0v) is 20.6. The summed E-state index contributed by atoms with van der Waals surface area (Å²) < 4.78 is 6.43. The third kappa shape index (κ3) is 5.70. The van der Waals surface area contributed by atoms with Crippen LogP contribution in [0.25, 0.3) is 0 Å². The number of aromatic nitrogens is 2. The van der Waals surface area contributed by atoms with Crippen molar-refractivity contribution in [2.75, 3.05) is 5.32 Å². The van der Waals surface area contributed by atoms with E-state index >= 15 is 0 Å². The Bertz CT molecular complexity index is 1260. The summed E-state index contributed by atoms with van der Waals surface area (Å²) in [5, 5.41) is 13.9. The lowest BCUT2D eigenvalue weighted by atomic mass is 9.92. The Kier molecular flexibility index (Phi) is 7.46. The van der Waals surface area contributed by atoms with E-state index in [0.717, 1.165) is 5.56 Å². The highest BCUT2D eigenvalue weighted by Crippen LogP contribution is 2.33. The van der Waals surface area contributed by atoms with Gasteiger partial charge >= 0.3 is 12.2 Å². The minimum absolute atomic E-state index is 0.00461. The first kappa shape index (κ1) is 26.4. The second kappa shape index (κ2) is 10.2. The molecule has 2 heterocycles. The second-order valence-electron chi connectivity index (χ2n) is 9.40. The largest absolute Gasteiger partial charge is 0.465 e. The van der Waals surface area contributed by atoms with E-state index < -0.39 is 28.9 Å². The van der Waals surface area contributed by atoms with Crippen LogP contribution in [0.1, 0.15) is 57.5 Å². The van der Waals surface area contributed by atoms with Crippen LogP contribution in [0.15, 0.2) is 40.2 Å². The van der Waals surface area contributed by atoms with Gasteiger partial charge in [0, 0.05) is 18.5 Å². The van der Waals surface area contributed by atoms with Gasteiger partial charge in [-0.1, -0.05) is 31.2 Å². The third-order valence-electron chi connectivity index (χ3n) is 5.78. The summed E-state index contributed by atoms with van der Waals surface area (Å²) in [4.78, 5) is 57.1. The highest BCUT2D eigenvalue weighted by Gasteiger charge is 2.45. The van der Waals surface area contributed by atoms with Gasteiger partial charge in [0.15, 0.2) is 0 Å². The lowest BCUT2D eigenvalue weighted by Gasteiger charge is -2.29. The summed E-state index contributed by atoms with van der Waals surface area (Å²) in [5.41, 5.74) is 4.49. The van der Waals surface area contributed by atoms with Crippen LogP contribution in [0.5, 0.6) is 0 Å². The molecule has 0 saturated heterocycles. The number of anilines is 1. The van der Waals surface area contributed by atoms with E-state index in [1.165, 1.54) is 10.8 Å². The number of benzene rings is 1. The normalized spacial score (nSPS) is 17.3. The first-order valence-electron chi connectivity index (χ1n) is 11.4. The van der Waals surface area contributed by atoms with Crippen LogP contribution in [0.3, 0.4) is 0 Å². The maximum atomic E-state index is 13.3. The van der Waals surface area contributed by atoms with Crippen molar-refractivity contribution in [1.82, 2.24) is 14.9 Å². The predicted molar refractivity (Wildman–Crippen MR) is 132 cm³/mol. The van der Waals surface area contributed by atoms with E-state index in [2.05, 4.69) is 15.3 Å². The summed E-state index contributed by atoms with van der Waals surface area (Å²) >= 11 is 0. The van der Waals surface area contributed by atoms with Gasteiger partial charge in [0.05, 0.1) is 6.20 Å². The summed E-state index contributed by atoms with van der Waals surface area (Å²) in [5.74, 6) is 0.0669. The molecule has 1 atom stereocenters. The number of aryl methyl sites for hydroxylation is 1. The molecule has 0 fully saturated rings. The molecule has 0 bridgehead atoms. The molecule has 3 rings (SSSR count). The lowest BCUT2D eigenvalue weighted by molar-refractivity contribution is -0.130. The number of nitrogens with one attached hydrogen (secondary N) is 2. The molecule has 1 aliphatic heterocycles. The second-order valence-corrected chi connectivity index (χ2v) is 9.40. The molecular formula is C24H30N6O6. The first-order valence-corrected chi connectivity index (χ1v) is 11.4. The number of carboxylic acid groups (broad SMARTS) is 1. The summed E-state index contributed by atoms with van der Waals surface area (Å²) in [6.45, 7) is 7.15. The molecule has 12 nitrogen and oxygen atoms in total. The number of ether oxygens (including phenoxy) is 1. The molecule has 1 aliphatic rings. The fourth-order valence-corrected chi connectivity index (χ4v) is 4.04. The highest BCUT2D eigenvalue weighted by molar-refractivity contribution is 6.02. The van der Waals surface area contributed by atoms with Crippen molar-refractivity contribution in [2.24, 2.45) is 10.7 Å². The quantitative estimate of drug-likeness (QED) is 0.346. The number of nitrogens with two attached hydrogens (primary N) is 1. The molecule has 1 unspecified atom stereocenters. The summed E-state index contributed by atoms with van der Waals surface area (Å²) in [7, 11) is 0. The van der Waals surface area contributed by atoms with Gasteiger partial charge in [-0.2, -0.15) is 4.99 Å². The number of fused-ring (bicyclic) bond motifs is 1. The Hall–Kier alpha value is -4.22. The molecule has 1 aromatic carbocycles. The maximum Gasteiger partial charge on any atom is 0.436 e. The monoisotopic (exact) mass is 498 g/mol. The molecule has 0 aliphatic carbocycles. The molecular weight excluding hydrogens is 468 g/mol. The Morgan fingerprint density at radius 3 is 2.50 bits per heavy atom. The van der Waals surface area contributed by atoms with Crippen LogP contribution in [0.2, 0.25) is 0 Å². The smallest absolute Gasteiger partial charge is 0.436 e. The Labute approximate surface area is 207 Å². The van der Waals surface area contributed by atoms with Crippen molar-refractivity contribution in [3.05, 3.63) is 57.8 Å². The predicted octanol–water partition coefficient (Wildman–Crippen LogP) is 2.34. The number of hydrogen-bond donors (Lipinski definition) is 4. The molecule has 192 valence electrons. The van der Waals surface area contributed by atoms with E-state index in [9.17, 15) is 19.2 Å². The number of amides is 3. The lowest BCUT2D eigenvalue weighted by Crippen LogP contribution is -2.50. The average molecular weight is 499 g/mol. The number of rotatable bonds is 6. The number of aliphatic imine (C=N–C) groups is 1. The Morgan fingerprint density at radius 1 is 1.25 bits per heavy atom. The number of hydrogen-bond acceptors (Lipinski definition) is 6. The van der Waals surface area contributed by atoms with Crippen LogP contribution < -0.4 is 21.9 Å². The minimum atomic E-state index is -1.39. The van der Waals surface area contributed by atoms with Crippen LogP contribution in [-0.2, 0) is 28.0 Å². The van der Waals surface area contributed by atoms with Gasteiger partial charge in [0.25, 0.3) is 5.56 Å². The molecule has 36 heavy (non-hydrogen) atoms. The number of carbonyl (C=O) groups is 3. The SMILES string of the molecule is CCC1(C(=O)NCc2ccc(/C(N)=N\C(=O)OC(C)(C)C)cc2)CCc2ncc(NC(=O)O)c(=O)n21. The van der Waals surface area contributed by atoms with Crippen LogP contribution in [0.4, 0.5) is 15.3 Å². The molecule has 0 saturated carbocycles.